The highest BCUT2D eigenvalue weighted by Gasteiger charge is 2.14. The van der Waals surface area contributed by atoms with Gasteiger partial charge in [-0.15, -0.1) is 10.2 Å². The van der Waals surface area contributed by atoms with Crippen LogP contribution in [0.1, 0.15) is 5.82 Å². The monoisotopic (exact) mass is 268 g/mol. The van der Waals surface area contributed by atoms with E-state index in [9.17, 15) is 0 Å². The SMILES string of the molecule is Cc1nc(Cl)cc2nnc(-c3ccc(Cl)o3)n12. The topological polar surface area (TPSA) is 56.2 Å². The van der Waals surface area contributed by atoms with Gasteiger partial charge in [0.15, 0.2) is 16.6 Å². The Morgan fingerprint density at radius 3 is 2.76 bits per heavy atom. The van der Waals surface area contributed by atoms with Crippen LogP contribution in [0.2, 0.25) is 10.4 Å². The fourth-order valence-corrected chi connectivity index (χ4v) is 2.01. The molecular formula is C10H6Cl2N4O. The Morgan fingerprint density at radius 2 is 2.06 bits per heavy atom. The fraction of sp³-hybridized carbons (Fsp3) is 0.100. The second-order valence-corrected chi connectivity index (χ2v) is 4.21. The second kappa shape index (κ2) is 3.72. The predicted octanol–water partition coefficient (Wildman–Crippen LogP) is 3.00. The minimum absolute atomic E-state index is 0.302. The van der Waals surface area contributed by atoms with Gasteiger partial charge in [-0.3, -0.25) is 4.40 Å². The summed E-state index contributed by atoms with van der Waals surface area (Å²) in [5.41, 5.74) is 0.616. The normalized spacial score (nSPS) is 11.2. The maximum Gasteiger partial charge on any atom is 0.205 e. The molecule has 0 atom stereocenters. The van der Waals surface area contributed by atoms with Gasteiger partial charge in [0.25, 0.3) is 0 Å². The number of rotatable bonds is 1. The van der Waals surface area contributed by atoms with Crippen LogP contribution in [0, 0.1) is 6.92 Å². The van der Waals surface area contributed by atoms with Crippen LogP contribution in [0.4, 0.5) is 0 Å². The molecule has 3 aromatic heterocycles. The molecule has 0 radical (unpaired) electrons. The number of nitrogens with zero attached hydrogens (tertiary/aromatic N) is 4. The smallest absolute Gasteiger partial charge is 0.205 e. The van der Waals surface area contributed by atoms with E-state index in [4.69, 9.17) is 27.6 Å². The number of hydrogen-bond donors (Lipinski definition) is 0. The van der Waals surface area contributed by atoms with Crippen LogP contribution in [0.15, 0.2) is 22.6 Å². The van der Waals surface area contributed by atoms with E-state index in [0.717, 1.165) is 0 Å². The number of furan rings is 1. The molecule has 0 N–H and O–H groups in total. The largest absolute Gasteiger partial charge is 0.441 e. The Balaban J connectivity index is 2.31. The lowest BCUT2D eigenvalue weighted by molar-refractivity contribution is 0.578. The van der Waals surface area contributed by atoms with Crippen LogP contribution in [0.5, 0.6) is 0 Å². The molecule has 0 aliphatic heterocycles. The third-order valence-electron chi connectivity index (χ3n) is 2.32. The molecule has 0 aliphatic rings. The molecule has 3 rings (SSSR count). The van der Waals surface area contributed by atoms with E-state index in [-0.39, 0.29) is 0 Å². The summed E-state index contributed by atoms with van der Waals surface area (Å²) < 4.78 is 7.05. The van der Waals surface area contributed by atoms with Gasteiger partial charge < -0.3 is 4.42 Å². The molecule has 0 unspecified atom stereocenters. The molecular weight excluding hydrogens is 263 g/mol. The van der Waals surface area contributed by atoms with Crippen molar-refractivity contribution >= 4 is 28.8 Å². The van der Waals surface area contributed by atoms with E-state index in [0.29, 0.717) is 33.4 Å². The number of aromatic nitrogens is 4. The van der Waals surface area contributed by atoms with Crippen LogP contribution < -0.4 is 0 Å². The maximum absolute atomic E-state index is 5.85. The van der Waals surface area contributed by atoms with Gasteiger partial charge in [-0.25, -0.2) is 4.98 Å². The van der Waals surface area contributed by atoms with Gasteiger partial charge in [0.05, 0.1) is 0 Å². The molecule has 3 heterocycles. The van der Waals surface area contributed by atoms with E-state index in [1.54, 1.807) is 22.6 Å². The van der Waals surface area contributed by atoms with Crippen molar-refractivity contribution in [2.45, 2.75) is 6.92 Å². The number of halogens is 2. The quantitative estimate of drug-likeness (QED) is 0.637. The highest BCUT2D eigenvalue weighted by atomic mass is 35.5. The first-order valence-corrected chi connectivity index (χ1v) is 5.55. The van der Waals surface area contributed by atoms with Crippen LogP contribution in [0.25, 0.3) is 17.2 Å². The molecule has 7 heteroatoms. The van der Waals surface area contributed by atoms with Gasteiger partial charge in [-0.2, -0.15) is 0 Å². The Labute approximate surface area is 106 Å². The first-order chi connectivity index (χ1) is 8.15. The standard InChI is InChI=1S/C10H6Cl2N4O/c1-5-13-7(11)4-9-14-15-10(16(5)9)6-2-3-8(12)17-6/h2-4H,1H3. The van der Waals surface area contributed by atoms with Crippen molar-refractivity contribution in [1.29, 1.82) is 0 Å². The summed E-state index contributed by atoms with van der Waals surface area (Å²) in [5.74, 6) is 1.77. The van der Waals surface area contributed by atoms with E-state index >= 15 is 0 Å². The summed E-state index contributed by atoms with van der Waals surface area (Å²) in [4.78, 5) is 4.14. The summed E-state index contributed by atoms with van der Waals surface area (Å²) in [6.45, 7) is 1.82. The summed E-state index contributed by atoms with van der Waals surface area (Å²) in [7, 11) is 0. The molecule has 0 saturated heterocycles. The van der Waals surface area contributed by atoms with Crippen LogP contribution in [-0.4, -0.2) is 19.6 Å². The van der Waals surface area contributed by atoms with Gasteiger partial charge in [0.1, 0.15) is 11.0 Å². The lowest BCUT2D eigenvalue weighted by atomic mass is 10.4. The van der Waals surface area contributed by atoms with Gasteiger partial charge in [-0.05, 0) is 30.7 Å². The molecule has 0 bridgehead atoms. The zero-order chi connectivity index (χ0) is 12.0. The first-order valence-electron chi connectivity index (χ1n) is 4.79. The van der Waals surface area contributed by atoms with Gasteiger partial charge in [0.2, 0.25) is 5.82 Å². The highest BCUT2D eigenvalue weighted by Crippen LogP contribution is 2.24. The Bertz CT molecular complexity index is 703. The Kier molecular flexibility index (Phi) is 2.31. The highest BCUT2D eigenvalue weighted by molar-refractivity contribution is 6.29. The molecule has 0 spiro atoms. The van der Waals surface area contributed by atoms with E-state index in [1.807, 2.05) is 6.92 Å². The molecule has 0 aliphatic carbocycles. The Hall–Kier alpha value is -1.59. The van der Waals surface area contributed by atoms with Gasteiger partial charge >= 0.3 is 0 Å². The van der Waals surface area contributed by atoms with E-state index in [2.05, 4.69) is 15.2 Å². The van der Waals surface area contributed by atoms with Gasteiger partial charge in [-0.1, -0.05) is 11.6 Å². The summed E-state index contributed by atoms with van der Waals surface area (Å²) in [6, 6.07) is 5.01. The zero-order valence-electron chi connectivity index (χ0n) is 8.69. The minimum Gasteiger partial charge on any atom is -0.441 e. The number of hydrogen-bond acceptors (Lipinski definition) is 4. The average Bonchev–Trinajstić information content (AvgIpc) is 2.83. The van der Waals surface area contributed by atoms with Crippen molar-refractivity contribution in [2.75, 3.05) is 0 Å². The zero-order valence-corrected chi connectivity index (χ0v) is 10.2. The molecule has 0 saturated carbocycles. The van der Waals surface area contributed by atoms with Crippen molar-refractivity contribution in [2.24, 2.45) is 0 Å². The average molecular weight is 269 g/mol. The van der Waals surface area contributed by atoms with Crippen molar-refractivity contribution in [1.82, 2.24) is 19.6 Å². The third kappa shape index (κ3) is 1.67. The Morgan fingerprint density at radius 1 is 1.24 bits per heavy atom. The fourth-order valence-electron chi connectivity index (χ4n) is 1.65. The van der Waals surface area contributed by atoms with E-state index in [1.165, 1.54) is 0 Å². The lowest BCUT2D eigenvalue weighted by Crippen LogP contribution is -1.97. The van der Waals surface area contributed by atoms with Crippen LogP contribution in [-0.2, 0) is 0 Å². The maximum atomic E-state index is 5.85. The first kappa shape index (κ1) is 10.6. The van der Waals surface area contributed by atoms with Crippen molar-refractivity contribution in [3.05, 3.63) is 34.4 Å². The predicted molar refractivity (Wildman–Crippen MR) is 63.2 cm³/mol. The van der Waals surface area contributed by atoms with E-state index < -0.39 is 0 Å². The molecule has 0 aromatic carbocycles. The number of aryl methyl sites for hydroxylation is 1. The van der Waals surface area contributed by atoms with Crippen molar-refractivity contribution in [3.8, 4) is 11.6 Å². The van der Waals surface area contributed by atoms with Crippen LogP contribution in [0.3, 0.4) is 0 Å². The molecule has 86 valence electrons. The molecule has 17 heavy (non-hydrogen) atoms. The second-order valence-electron chi connectivity index (χ2n) is 3.45. The van der Waals surface area contributed by atoms with Gasteiger partial charge in [0, 0.05) is 6.07 Å². The molecule has 5 nitrogen and oxygen atoms in total. The molecule has 0 amide bonds. The van der Waals surface area contributed by atoms with Crippen molar-refractivity contribution < 1.29 is 4.42 Å². The third-order valence-corrected chi connectivity index (χ3v) is 2.72. The summed E-state index contributed by atoms with van der Waals surface area (Å²) >= 11 is 11.6. The van der Waals surface area contributed by atoms with Crippen LogP contribution >= 0.6 is 23.2 Å². The molecule has 0 fully saturated rings. The number of fused-ring (bicyclic) bond motifs is 1. The summed E-state index contributed by atoms with van der Waals surface area (Å²) in [6.07, 6.45) is 0. The lowest BCUT2D eigenvalue weighted by Gasteiger charge is -2.01. The summed E-state index contributed by atoms with van der Waals surface area (Å²) in [5, 5.41) is 8.74. The molecule has 3 aromatic rings. The minimum atomic E-state index is 0.302. The van der Waals surface area contributed by atoms with Crippen molar-refractivity contribution in [3.63, 3.8) is 0 Å².